The number of carbonyl (C=O) groups excluding carboxylic acids is 3. The molecule has 10 heteroatoms. The van der Waals surface area contributed by atoms with Crippen molar-refractivity contribution in [2.24, 2.45) is 5.92 Å². The number of hydrogen-bond donors (Lipinski definition) is 2. The van der Waals surface area contributed by atoms with Crippen LogP contribution in [0.2, 0.25) is 5.02 Å². The van der Waals surface area contributed by atoms with Crippen molar-refractivity contribution in [3.63, 3.8) is 0 Å². The fourth-order valence-corrected chi connectivity index (χ4v) is 9.69. The van der Waals surface area contributed by atoms with Crippen molar-refractivity contribution in [3.05, 3.63) is 123 Å². The van der Waals surface area contributed by atoms with E-state index in [1.165, 1.54) is 51.9 Å². The third-order valence-corrected chi connectivity index (χ3v) is 12.9. The minimum atomic E-state index is -0.591. The second-order valence-corrected chi connectivity index (χ2v) is 16.5. The van der Waals surface area contributed by atoms with E-state index < -0.39 is 6.04 Å². The molecule has 0 saturated carbocycles. The number of rotatable bonds is 7. The van der Waals surface area contributed by atoms with Crippen LogP contribution in [0.25, 0.3) is 11.1 Å². The van der Waals surface area contributed by atoms with Crippen LogP contribution in [0.3, 0.4) is 0 Å². The zero-order chi connectivity index (χ0) is 38.3. The average Bonchev–Trinajstić information content (AvgIpc) is 3.41. The molecule has 0 bridgehead atoms. The van der Waals surface area contributed by atoms with Gasteiger partial charge in [-0.05, 0) is 138 Å². The normalized spacial score (nSPS) is 20.9. The number of aromatic hydroxyl groups is 1. The topological polar surface area (TPSA) is 96.4 Å². The maximum atomic E-state index is 13.2. The molecule has 1 atom stereocenters. The van der Waals surface area contributed by atoms with Gasteiger partial charge in [0.05, 0.1) is 0 Å². The fourth-order valence-electron chi connectivity index (χ4n) is 9.57. The van der Waals surface area contributed by atoms with Crippen molar-refractivity contribution < 1.29 is 19.5 Å². The lowest BCUT2D eigenvalue weighted by Crippen LogP contribution is -2.52. The molecule has 56 heavy (non-hydrogen) atoms. The SMILES string of the molecule is O=C1CCC(N2Cc3cc(N4CCN(CC5CCN(c6ccc(C7=C(c8ccc(Cl)cc8)CCCc8cc(O)ccc87)cc6)CC5)CC4)ccc3C2=O)C(=O)N1. The lowest BCUT2D eigenvalue weighted by atomic mass is 9.87. The Morgan fingerprint density at radius 2 is 1.38 bits per heavy atom. The zero-order valence-corrected chi connectivity index (χ0v) is 32.4. The number of amides is 3. The van der Waals surface area contributed by atoms with Crippen LogP contribution in [0.1, 0.15) is 76.7 Å². The third-order valence-electron chi connectivity index (χ3n) is 12.6. The van der Waals surface area contributed by atoms with Gasteiger partial charge < -0.3 is 19.8 Å². The summed E-state index contributed by atoms with van der Waals surface area (Å²) in [4.78, 5) is 46.5. The second-order valence-electron chi connectivity index (χ2n) is 16.1. The maximum Gasteiger partial charge on any atom is 0.255 e. The van der Waals surface area contributed by atoms with E-state index in [9.17, 15) is 19.5 Å². The van der Waals surface area contributed by atoms with E-state index in [4.69, 9.17) is 11.6 Å². The number of fused-ring (bicyclic) bond motifs is 2. The van der Waals surface area contributed by atoms with Gasteiger partial charge in [0.15, 0.2) is 0 Å². The number of allylic oxidation sites excluding steroid dienone is 1. The first-order valence-corrected chi connectivity index (χ1v) is 20.6. The number of aryl methyl sites for hydroxylation is 1. The van der Waals surface area contributed by atoms with E-state index in [0.29, 0.717) is 30.2 Å². The van der Waals surface area contributed by atoms with Crippen LogP contribution in [0.5, 0.6) is 5.75 Å². The third kappa shape index (κ3) is 7.30. The molecule has 2 N–H and O–H groups in total. The summed E-state index contributed by atoms with van der Waals surface area (Å²) < 4.78 is 0. The van der Waals surface area contributed by atoms with Crippen molar-refractivity contribution in [1.29, 1.82) is 0 Å². The monoisotopic (exact) mass is 769 g/mol. The quantitative estimate of drug-likeness (QED) is 0.193. The molecule has 0 aromatic heterocycles. The zero-order valence-electron chi connectivity index (χ0n) is 31.7. The number of nitrogens with one attached hydrogen (secondary N) is 1. The Kier molecular flexibility index (Phi) is 10.1. The summed E-state index contributed by atoms with van der Waals surface area (Å²) in [7, 11) is 0. The lowest BCUT2D eigenvalue weighted by molar-refractivity contribution is -0.136. The molecule has 9 rings (SSSR count). The molecule has 3 amide bonds. The van der Waals surface area contributed by atoms with Crippen LogP contribution < -0.4 is 15.1 Å². The molecule has 0 spiro atoms. The highest BCUT2D eigenvalue weighted by atomic mass is 35.5. The minimum Gasteiger partial charge on any atom is -0.508 e. The van der Waals surface area contributed by atoms with Gasteiger partial charge in [0.1, 0.15) is 11.8 Å². The molecule has 1 unspecified atom stereocenters. The average molecular weight is 770 g/mol. The number of piperazine rings is 1. The number of hydrogen-bond acceptors (Lipinski definition) is 7. The van der Waals surface area contributed by atoms with Crippen LogP contribution in [0.4, 0.5) is 11.4 Å². The Balaban J connectivity index is 0.802. The Hall–Kier alpha value is -5.12. The highest BCUT2D eigenvalue weighted by Gasteiger charge is 2.39. The van der Waals surface area contributed by atoms with Gasteiger partial charge in [-0.1, -0.05) is 41.9 Å². The summed E-state index contributed by atoms with van der Waals surface area (Å²) in [6.45, 7) is 7.53. The molecule has 288 valence electrons. The van der Waals surface area contributed by atoms with E-state index in [2.05, 4.69) is 68.5 Å². The molecule has 1 aliphatic carbocycles. The van der Waals surface area contributed by atoms with E-state index in [1.807, 2.05) is 36.4 Å². The molecular formula is C46H48ClN5O4. The second kappa shape index (κ2) is 15.4. The summed E-state index contributed by atoms with van der Waals surface area (Å²) >= 11 is 6.28. The number of benzene rings is 4. The van der Waals surface area contributed by atoms with Gasteiger partial charge in [0.25, 0.3) is 5.91 Å². The molecule has 3 saturated heterocycles. The van der Waals surface area contributed by atoms with Gasteiger partial charge in [-0.3, -0.25) is 24.6 Å². The molecule has 0 radical (unpaired) electrons. The van der Waals surface area contributed by atoms with E-state index >= 15 is 0 Å². The summed E-state index contributed by atoms with van der Waals surface area (Å²) in [5.74, 6) is 0.220. The number of phenols is 1. The number of carbonyl (C=O) groups is 3. The van der Waals surface area contributed by atoms with Gasteiger partial charge in [0, 0.05) is 80.7 Å². The van der Waals surface area contributed by atoms with Crippen molar-refractivity contribution >= 4 is 51.8 Å². The summed E-state index contributed by atoms with van der Waals surface area (Å²) in [6, 6.07) is 28.6. The lowest BCUT2D eigenvalue weighted by Gasteiger charge is -2.40. The molecule has 4 aromatic carbocycles. The highest BCUT2D eigenvalue weighted by Crippen LogP contribution is 2.41. The molecule has 9 nitrogen and oxygen atoms in total. The van der Waals surface area contributed by atoms with Crippen LogP contribution in [0, 0.1) is 5.92 Å². The number of halogens is 1. The fraction of sp³-hybridized carbons (Fsp3) is 0.370. The molecular weight excluding hydrogens is 722 g/mol. The summed E-state index contributed by atoms with van der Waals surface area (Å²) in [6.07, 6.45) is 5.89. The summed E-state index contributed by atoms with van der Waals surface area (Å²) in [5, 5.41) is 13.4. The Labute approximate surface area is 333 Å². The first kappa shape index (κ1) is 36.5. The number of nitrogens with zero attached hydrogens (tertiary/aromatic N) is 4. The number of piperidine rings is 2. The maximum absolute atomic E-state index is 13.2. The van der Waals surface area contributed by atoms with Crippen molar-refractivity contribution in [2.45, 2.75) is 57.5 Å². The van der Waals surface area contributed by atoms with Gasteiger partial charge in [0.2, 0.25) is 11.8 Å². The van der Waals surface area contributed by atoms with E-state index in [-0.39, 0.29) is 24.1 Å². The van der Waals surface area contributed by atoms with E-state index in [1.54, 1.807) is 4.90 Å². The first-order chi connectivity index (χ1) is 27.3. The Morgan fingerprint density at radius 1 is 0.679 bits per heavy atom. The van der Waals surface area contributed by atoms with Gasteiger partial charge in [-0.15, -0.1) is 0 Å². The molecule has 3 fully saturated rings. The van der Waals surface area contributed by atoms with Gasteiger partial charge >= 0.3 is 0 Å². The number of anilines is 2. The predicted molar refractivity (Wildman–Crippen MR) is 221 cm³/mol. The molecule has 4 heterocycles. The standard InChI is InChI=1S/C46H48ClN5O4/c47-35-8-4-31(5-9-35)39-3-1-2-33-27-38(53)13-15-40(33)44(39)32-6-10-36(11-7-32)50-20-18-30(19-21-50)28-49-22-24-51(25-23-49)37-12-14-41-34(26-37)29-52(46(41)56)42-16-17-43(54)48-45(42)55/h4-15,26-27,30,42,53H,1-3,16-25,28-29H2,(H,48,54,55). The number of phenolic OH excluding ortho intramolecular Hbond substituents is 1. The van der Waals surface area contributed by atoms with Crippen molar-refractivity contribution in [2.75, 3.05) is 55.6 Å². The van der Waals surface area contributed by atoms with Crippen LogP contribution in [-0.4, -0.2) is 84.5 Å². The molecule has 4 aliphatic heterocycles. The predicted octanol–water partition coefficient (Wildman–Crippen LogP) is 7.14. The van der Waals surface area contributed by atoms with Gasteiger partial charge in [-0.2, -0.15) is 0 Å². The van der Waals surface area contributed by atoms with Crippen molar-refractivity contribution in [1.82, 2.24) is 15.1 Å². The van der Waals surface area contributed by atoms with Gasteiger partial charge in [-0.25, -0.2) is 0 Å². The van der Waals surface area contributed by atoms with Crippen LogP contribution >= 0.6 is 11.6 Å². The van der Waals surface area contributed by atoms with Crippen molar-refractivity contribution in [3.8, 4) is 5.75 Å². The Bertz CT molecular complexity index is 2190. The first-order valence-electron chi connectivity index (χ1n) is 20.2. The highest BCUT2D eigenvalue weighted by molar-refractivity contribution is 6.30. The van der Waals surface area contributed by atoms with Crippen LogP contribution in [-0.2, 0) is 22.6 Å². The van der Waals surface area contributed by atoms with E-state index in [0.717, 1.165) is 81.3 Å². The molecule has 5 aliphatic rings. The van der Waals surface area contributed by atoms with Crippen LogP contribution in [0.15, 0.2) is 84.9 Å². The largest absolute Gasteiger partial charge is 0.508 e. The number of imide groups is 1. The summed E-state index contributed by atoms with van der Waals surface area (Å²) in [5.41, 5.74) is 11.4. The Morgan fingerprint density at radius 3 is 2.12 bits per heavy atom. The molecule has 4 aromatic rings. The minimum absolute atomic E-state index is 0.126. The smallest absolute Gasteiger partial charge is 0.255 e.